The maximum absolute atomic E-state index is 14.2. The van der Waals surface area contributed by atoms with E-state index < -0.39 is 28.9 Å². The minimum absolute atomic E-state index is 0.0853. The molecular weight excluding hydrogens is 456 g/mol. The lowest BCUT2D eigenvalue weighted by Crippen LogP contribution is -2.53. The second-order valence-corrected chi connectivity index (χ2v) is 9.23. The molecule has 5 rings (SSSR count). The first-order valence-electron chi connectivity index (χ1n) is 11.5. The maximum Gasteiger partial charge on any atom is 0.296 e. The average Bonchev–Trinajstić information content (AvgIpc) is 3.49. The molecule has 2 aromatic carbocycles. The molecule has 2 saturated heterocycles. The minimum Gasteiger partial charge on any atom is -0.507 e. The highest BCUT2D eigenvalue weighted by molar-refractivity contribution is 6.50. The van der Waals surface area contributed by atoms with Crippen molar-refractivity contribution in [1.82, 2.24) is 4.90 Å². The van der Waals surface area contributed by atoms with Gasteiger partial charge in [-0.25, -0.2) is 0 Å². The van der Waals surface area contributed by atoms with Crippen molar-refractivity contribution in [3.8, 4) is 0 Å². The van der Waals surface area contributed by atoms with E-state index in [1.165, 1.54) is 4.90 Å². The van der Waals surface area contributed by atoms with Gasteiger partial charge in [-0.15, -0.1) is 0 Å². The molecule has 8 heteroatoms. The number of rotatable bonds is 5. The van der Waals surface area contributed by atoms with Crippen LogP contribution < -0.4 is 4.90 Å². The summed E-state index contributed by atoms with van der Waals surface area (Å²) in [5.74, 6) is -2.51. The maximum atomic E-state index is 14.2. The molecule has 1 spiro atoms. The highest BCUT2D eigenvalue weighted by Gasteiger charge is 2.67. The van der Waals surface area contributed by atoms with E-state index in [1.807, 2.05) is 19.1 Å². The fourth-order valence-corrected chi connectivity index (χ4v) is 5.43. The molecule has 34 heavy (non-hydrogen) atoms. The minimum atomic E-state index is -1.75. The highest BCUT2D eigenvalue weighted by atomic mass is 35.5. The van der Waals surface area contributed by atoms with E-state index in [9.17, 15) is 19.5 Å². The Morgan fingerprint density at radius 3 is 2.56 bits per heavy atom. The van der Waals surface area contributed by atoms with Crippen molar-refractivity contribution >= 4 is 40.6 Å². The number of fused-ring (bicyclic) bond motifs is 2. The summed E-state index contributed by atoms with van der Waals surface area (Å²) in [6.07, 6.45) is 1.97. The molecule has 2 unspecified atom stereocenters. The van der Waals surface area contributed by atoms with Gasteiger partial charge in [-0.05, 0) is 49.6 Å². The van der Waals surface area contributed by atoms with Gasteiger partial charge in [-0.3, -0.25) is 14.4 Å². The summed E-state index contributed by atoms with van der Waals surface area (Å²) in [5.41, 5.74) is -0.515. The van der Waals surface area contributed by atoms with Crippen molar-refractivity contribution < 1.29 is 24.2 Å². The molecule has 0 bridgehead atoms. The average molecular weight is 481 g/mol. The Morgan fingerprint density at radius 1 is 1.15 bits per heavy atom. The fourth-order valence-electron chi connectivity index (χ4n) is 5.31. The summed E-state index contributed by atoms with van der Waals surface area (Å²) in [7, 11) is 0. The zero-order chi connectivity index (χ0) is 24.0. The Balaban J connectivity index is 1.79. The number of hydrogen-bond acceptors (Lipinski definition) is 5. The number of anilines is 1. The fraction of sp³-hybridized carbons (Fsp3) is 0.346. The molecule has 2 amide bonds. The van der Waals surface area contributed by atoms with Crippen molar-refractivity contribution in [2.45, 2.75) is 37.8 Å². The first-order chi connectivity index (χ1) is 16.4. The van der Waals surface area contributed by atoms with Gasteiger partial charge in [0, 0.05) is 35.8 Å². The number of ether oxygens (including phenoxy) is 1. The standard InChI is InChI=1S/C26H25ClN2O5/c1-2-13-28-20-8-4-3-7-19(20)26(25(28)33)21(22(30)16-9-11-17(27)12-10-16)23(31)24(32)29(26)15-18-6-5-14-34-18/h3-4,7-12,18,30H,2,5-6,13-15H2,1H3/b22-21+. The second kappa shape index (κ2) is 8.56. The van der Waals surface area contributed by atoms with Crippen molar-refractivity contribution in [3.63, 3.8) is 0 Å². The Kier molecular flexibility index (Phi) is 5.70. The van der Waals surface area contributed by atoms with Crippen molar-refractivity contribution in [1.29, 1.82) is 0 Å². The number of para-hydroxylation sites is 1. The first kappa shape index (κ1) is 22.6. The Labute approximate surface area is 202 Å². The van der Waals surface area contributed by atoms with E-state index in [0.29, 0.717) is 41.4 Å². The number of benzene rings is 2. The van der Waals surface area contributed by atoms with E-state index in [1.54, 1.807) is 41.3 Å². The van der Waals surface area contributed by atoms with Gasteiger partial charge in [0.25, 0.3) is 17.6 Å². The van der Waals surface area contributed by atoms with Crippen LogP contribution in [0.25, 0.3) is 5.76 Å². The van der Waals surface area contributed by atoms with Crippen LogP contribution >= 0.6 is 11.6 Å². The molecule has 0 aromatic heterocycles. The Bertz CT molecular complexity index is 1200. The molecule has 2 atom stereocenters. The third-order valence-corrected chi connectivity index (χ3v) is 7.04. The van der Waals surface area contributed by atoms with Gasteiger partial charge in [0.05, 0.1) is 17.4 Å². The van der Waals surface area contributed by atoms with E-state index in [-0.39, 0.29) is 18.2 Å². The van der Waals surface area contributed by atoms with Gasteiger partial charge >= 0.3 is 0 Å². The third kappa shape index (κ3) is 3.18. The zero-order valence-corrected chi connectivity index (χ0v) is 19.5. The second-order valence-electron chi connectivity index (χ2n) is 8.79. The van der Waals surface area contributed by atoms with Crippen molar-refractivity contribution in [3.05, 3.63) is 70.3 Å². The molecule has 0 radical (unpaired) electrons. The van der Waals surface area contributed by atoms with Crippen LogP contribution in [0.1, 0.15) is 37.3 Å². The number of hydrogen-bond donors (Lipinski definition) is 1. The van der Waals surface area contributed by atoms with E-state index in [0.717, 1.165) is 12.8 Å². The van der Waals surface area contributed by atoms with Gasteiger partial charge in [-0.2, -0.15) is 0 Å². The number of aliphatic hydroxyl groups excluding tert-OH is 1. The quantitative estimate of drug-likeness (QED) is 0.399. The first-order valence-corrected chi connectivity index (χ1v) is 11.9. The third-order valence-electron chi connectivity index (χ3n) is 6.78. The molecule has 0 saturated carbocycles. The molecule has 2 aromatic rings. The smallest absolute Gasteiger partial charge is 0.296 e. The summed E-state index contributed by atoms with van der Waals surface area (Å²) >= 11 is 6.01. The topological polar surface area (TPSA) is 87.2 Å². The molecule has 7 nitrogen and oxygen atoms in total. The van der Waals surface area contributed by atoms with E-state index in [2.05, 4.69) is 0 Å². The summed E-state index contributed by atoms with van der Waals surface area (Å²) in [4.78, 5) is 44.1. The van der Waals surface area contributed by atoms with Crippen LogP contribution in [0.2, 0.25) is 5.02 Å². The highest BCUT2D eigenvalue weighted by Crippen LogP contribution is 2.53. The molecule has 1 N–H and O–H groups in total. The molecule has 176 valence electrons. The molecule has 3 aliphatic rings. The van der Waals surface area contributed by atoms with E-state index >= 15 is 0 Å². The van der Waals surface area contributed by atoms with Crippen molar-refractivity contribution in [2.75, 3.05) is 24.6 Å². The molecule has 3 heterocycles. The monoisotopic (exact) mass is 480 g/mol. The number of ketones is 1. The van der Waals surface area contributed by atoms with Crippen LogP contribution in [0, 0.1) is 0 Å². The lowest BCUT2D eigenvalue weighted by molar-refractivity contribution is -0.145. The summed E-state index contributed by atoms with van der Waals surface area (Å²) in [6, 6.07) is 13.5. The number of nitrogens with zero attached hydrogens (tertiary/aromatic N) is 2. The van der Waals surface area contributed by atoms with Crippen LogP contribution in [-0.4, -0.2) is 53.4 Å². The predicted molar refractivity (Wildman–Crippen MR) is 127 cm³/mol. The van der Waals surface area contributed by atoms with Crippen LogP contribution in [0.15, 0.2) is 54.1 Å². The zero-order valence-electron chi connectivity index (χ0n) is 18.8. The number of likely N-dealkylation sites (tertiary alicyclic amines) is 1. The number of carbonyl (C=O) groups is 3. The predicted octanol–water partition coefficient (Wildman–Crippen LogP) is 3.85. The van der Waals surface area contributed by atoms with E-state index in [4.69, 9.17) is 16.3 Å². The van der Waals surface area contributed by atoms with Crippen LogP contribution in [-0.2, 0) is 24.7 Å². The lowest BCUT2D eigenvalue weighted by atomic mass is 9.81. The molecular formula is C26H25ClN2O5. The van der Waals surface area contributed by atoms with Gasteiger partial charge in [0.15, 0.2) is 5.54 Å². The van der Waals surface area contributed by atoms with Gasteiger partial charge < -0.3 is 19.6 Å². The Hall–Kier alpha value is -3.16. The largest absolute Gasteiger partial charge is 0.507 e. The molecule has 0 aliphatic carbocycles. The Morgan fingerprint density at radius 2 is 1.88 bits per heavy atom. The summed E-state index contributed by atoms with van der Waals surface area (Å²) < 4.78 is 5.77. The molecule has 3 aliphatic heterocycles. The normalized spacial score (nSPS) is 25.6. The number of Topliss-reactive ketones (excluding diaryl/α,β-unsaturated/α-hetero) is 1. The number of aliphatic hydroxyl groups is 1. The van der Waals surface area contributed by atoms with Crippen molar-refractivity contribution in [2.24, 2.45) is 0 Å². The number of halogens is 1. The van der Waals surface area contributed by atoms with Gasteiger partial charge in [0.2, 0.25) is 0 Å². The lowest BCUT2D eigenvalue weighted by Gasteiger charge is -2.35. The SMILES string of the molecule is CCCN1C(=O)C2(/C(=C(/O)c3ccc(Cl)cc3)C(=O)C(=O)N2CC2CCCO2)c2ccccc21. The number of amides is 2. The summed E-state index contributed by atoms with van der Waals surface area (Å²) in [6.45, 7) is 3.03. The number of carbonyl (C=O) groups excluding carboxylic acids is 3. The van der Waals surface area contributed by atoms with Crippen LogP contribution in [0.4, 0.5) is 5.69 Å². The van der Waals surface area contributed by atoms with Gasteiger partial charge in [-0.1, -0.05) is 36.7 Å². The van der Waals surface area contributed by atoms with Crippen LogP contribution in [0.5, 0.6) is 0 Å². The molecule has 2 fully saturated rings. The van der Waals surface area contributed by atoms with Crippen LogP contribution in [0.3, 0.4) is 0 Å². The van der Waals surface area contributed by atoms with Gasteiger partial charge in [0.1, 0.15) is 5.76 Å². The summed E-state index contributed by atoms with van der Waals surface area (Å²) in [5, 5.41) is 11.9.